The number of imidazole rings is 1. The first-order valence-electron chi connectivity index (χ1n) is 12.3. The van der Waals surface area contributed by atoms with Crippen LogP contribution in [0.5, 0.6) is 0 Å². The lowest BCUT2D eigenvalue weighted by Crippen LogP contribution is -2.49. The number of halogens is 2. The second-order valence-corrected chi connectivity index (χ2v) is 10.7. The van der Waals surface area contributed by atoms with E-state index in [0.29, 0.717) is 31.2 Å². The number of aromatic nitrogens is 2. The fourth-order valence-electron chi connectivity index (χ4n) is 4.39. The van der Waals surface area contributed by atoms with Gasteiger partial charge < -0.3 is 24.3 Å². The SMILES string of the molecule is C[C@@H]1CN(C(=O)/C=C/C2COCCN2C(=O)OC(C)(C)C)Cc2ncc(C(=O)Nc3ccc(F)cc3Cl)n21. The Labute approximate surface area is 225 Å². The molecule has 4 rings (SSSR count). The third-order valence-electron chi connectivity index (χ3n) is 6.11. The Bertz CT molecular complexity index is 1260. The number of hydrogen-bond donors (Lipinski definition) is 1. The van der Waals surface area contributed by atoms with Gasteiger partial charge in [0.05, 0.1) is 48.7 Å². The van der Waals surface area contributed by atoms with E-state index in [1.165, 1.54) is 24.4 Å². The van der Waals surface area contributed by atoms with Gasteiger partial charge in [0.25, 0.3) is 5.91 Å². The summed E-state index contributed by atoms with van der Waals surface area (Å²) >= 11 is 6.04. The standard InChI is InChI=1S/C26H31ClFN5O5/c1-16-13-31(23(34)8-6-18-15-37-10-9-32(18)25(36)38-26(2,3)4)14-22-29-12-21(33(16)22)24(35)30-20-7-5-17(28)11-19(20)27/h5-8,11-12,16,18H,9-10,13-15H2,1-4H3,(H,30,35)/b8-6+/t16-,18?/m1/s1. The van der Waals surface area contributed by atoms with Crippen molar-refractivity contribution < 1.29 is 28.2 Å². The third kappa shape index (κ3) is 6.33. The molecule has 2 aromatic rings. The van der Waals surface area contributed by atoms with Crippen molar-refractivity contribution in [2.75, 3.05) is 31.6 Å². The van der Waals surface area contributed by atoms with Crippen molar-refractivity contribution in [1.29, 1.82) is 0 Å². The Morgan fingerprint density at radius 3 is 2.76 bits per heavy atom. The first-order valence-corrected chi connectivity index (χ1v) is 12.7. The summed E-state index contributed by atoms with van der Waals surface area (Å²) in [5.41, 5.74) is -0.0409. The van der Waals surface area contributed by atoms with Crippen LogP contribution in [0.4, 0.5) is 14.9 Å². The van der Waals surface area contributed by atoms with Gasteiger partial charge in [-0.05, 0) is 45.9 Å². The van der Waals surface area contributed by atoms with Crippen molar-refractivity contribution in [2.45, 2.75) is 51.9 Å². The predicted octanol–water partition coefficient (Wildman–Crippen LogP) is 4.02. The third-order valence-corrected chi connectivity index (χ3v) is 6.42. The quantitative estimate of drug-likeness (QED) is 0.580. The number of fused-ring (bicyclic) bond motifs is 1. The maximum absolute atomic E-state index is 13.3. The highest BCUT2D eigenvalue weighted by Crippen LogP contribution is 2.26. The minimum absolute atomic E-state index is 0.0851. The van der Waals surface area contributed by atoms with E-state index in [1.807, 2.05) is 6.92 Å². The fraction of sp³-hybridized carbons (Fsp3) is 0.462. The predicted molar refractivity (Wildman–Crippen MR) is 138 cm³/mol. The van der Waals surface area contributed by atoms with E-state index in [2.05, 4.69) is 10.3 Å². The van der Waals surface area contributed by atoms with Crippen LogP contribution in [0.2, 0.25) is 5.02 Å². The molecule has 204 valence electrons. The Hall–Kier alpha value is -3.44. The Kier molecular flexibility index (Phi) is 8.08. The van der Waals surface area contributed by atoms with Crippen molar-refractivity contribution >= 4 is 35.2 Å². The molecule has 1 aromatic carbocycles. The minimum atomic E-state index is -0.633. The molecule has 1 saturated heterocycles. The second kappa shape index (κ2) is 11.1. The second-order valence-electron chi connectivity index (χ2n) is 10.3. The summed E-state index contributed by atoms with van der Waals surface area (Å²) in [5, 5.41) is 2.77. The number of nitrogens with zero attached hydrogens (tertiary/aromatic N) is 4. The lowest BCUT2D eigenvalue weighted by atomic mass is 10.2. The molecule has 2 aliphatic heterocycles. The zero-order chi connectivity index (χ0) is 27.6. The first kappa shape index (κ1) is 27.6. The van der Waals surface area contributed by atoms with Crippen LogP contribution in [0.3, 0.4) is 0 Å². The lowest BCUT2D eigenvalue weighted by Gasteiger charge is -2.35. The Balaban J connectivity index is 1.43. The Morgan fingerprint density at radius 2 is 2.05 bits per heavy atom. The summed E-state index contributed by atoms with van der Waals surface area (Å²) in [6, 6.07) is 3.05. The lowest BCUT2D eigenvalue weighted by molar-refractivity contribution is -0.128. The molecule has 0 saturated carbocycles. The van der Waals surface area contributed by atoms with Gasteiger partial charge in [-0.15, -0.1) is 0 Å². The number of ether oxygens (including phenoxy) is 2. The van der Waals surface area contributed by atoms with E-state index < -0.39 is 29.5 Å². The summed E-state index contributed by atoms with van der Waals surface area (Å²) in [6.45, 7) is 8.86. The van der Waals surface area contributed by atoms with Gasteiger partial charge in [-0.25, -0.2) is 14.2 Å². The molecular formula is C26H31ClFN5O5. The monoisotopic (exact) mass is 547 g/mol. The first-order chi connectivity index (χ1) is 17.9. The molecule has 10 nitrogen and oxygen atoms in total. The highest BCUT2D eigenvalue weighted by Gasteiger charge is 2.32. The van der Waals surface area contributed by atoms with Crippen LogP contribution in [-0.2, 0) is 20.8 Å². The largest absolute Gasteiger partial charge is 0.444 e. The number of morpholine rings is 1. The smallest absolute Gasteiger partial charge is 0.410 e. The average molecular weight is 548 g/mol. The average Bonchev–Trinajstić information content (AvgIpc) is 3.28. The zero-order valence-corrected chi connectivity index (χ0v) is 22.5. The van der Waals surface area contributed by atoms with Crippen LogP contribution in [-0.4, -0.2) is 75.2 Å². The maximum atomic E-state index is 13.3. The highest BCUT2D eigenvalue weighted by molar-refractivity contribution is 6.33. The van der Waals surface area contributed by atoms with Crippen LogP contribution in [0.15, 0.2) is 36.5 Å². The molecular weight excluding hydrogens is 517 g/mol. The number of carbonyl (C=O) groups excluding carboxylic acids is 3. The van der Waals surface area contributed by atoms with Gasteiger partial charge in [0.15, 0.2) is 0 Å². The van der Waals surface area contributed by atoms with E-state index in [9.17, 15) is 18.8 Å². The van der Waals surface area contributed by atoms with Crippen LogP contribution in [0, 0.1) is 5.82 Å². The van der Waals surface area contributed by atoms with Gasteiger partial charge in [0, 0.05) is 19.2 Å². The summed E-state index contributed by atoms with van der Waals surface area (Å²) < 4.78 is 26.1. The van der Waals surface area contributed by atoms with E-state index in [4.69, 9.17) is 21.1 Å². The molecule has 1 unspecified atom stereocenters. The number of amides is 3. The van der Waals surface area contributed by atoms with Crippen molar-refractivity contribution in [3.63, 3.8) is 0 Å². The molecule has 12 heteroatoms. The molecule has 38 heavy (non-hydrogen) atoms. The van der Waals surface area contributed by atoms with Gasteiger partial charge in [-0.3, -0.25) is 14.5 Å². The summed E-state index contributed by atoms with van der Waals surface area (Å²) in [7, 11) is 0. The zero-order valence-electron chi connectivity index (χ0n) is 21.7. The Morgan fingerprint density at radius 1 is 1.29 bits per heavy atom. The van der Waals surface area contributed by atoms with Crippen molar-refractivity contribution in [2.24, 2.45) is 0 Å². The molecule has 0 bridgehead atoms. The molecule has 0 radical (unpaired) electrons. The van der Waals surface area contributed by atoms with Gasteiger partial charge in [0.1, 0.15) is 22.9 Å². The van der Waals surface area contributed by atoms with Gasteiger partial charge >= 0.3 is 6.09 Å². The minimum Gasteiger partial charge on any atom is -0.444 e. The molecule has 0 aliphatic carbocycles. The molecule has 1 aromatic heterocycles. The molecule has 2 atom stereocenters. The van der Waals surface area contributed by atoms with E-state index in [0.717, 1.165) is 6.07 Å². The molecule has 3 amide bonds. The number of carbonyl (C=O) groups is 3. The normalized spacial score (nSPS) is 19.8. The maximum Gasteiger partial charge on any atom is 0.410 e. The van der Waals surface area contributed by atoms with E-state index in [-0.39, 0.29) is 35.8 Å². The fourth-order valence-corrected chi connectivity index (χ4v) is 4.60. The van der Waals surface area contributed by atoms with Crippen molar-refractivity contribution in [1.82, 2.24) is 19.4 Å². The van der Waals surface area contributed by atoms with Crippen molar-refractivity contribution in [3.05, 3.63) is 58.9 Å². The molecule has 3 heterocycles. The van der Waals surface area contributed by atoms with Crippen LogP contribution in [0.25, 0.3) is 0 Å². The molecule has 0 spiro atoms. The van der Waals surface area contributed by atoms with Gasteiger partial charge in [0.2, 0.25) is 5.91 Å². The number of benzene rings is 1. The molecule has 1 fully saturated rings. The molecule has 2 aliphatic rings. The summed E-state index contributed by atoms with van der Waals surface area (Å²) in [6.07, 6.45) is 4.08. The topological polar surface area (TPSA) is 106 Å². The number of rotatable bonds is 4. The number of anilines is 1. The highest BCUT2D eigenvalue weighted by atomic mass is 35.5. The molecule has 1 N–H and O–H groups in total. The van der Waals surface area contributed by atoms with Gasteiger partial charge in [-0.1, -0.05) is 17.7 Å². The summed E-state index contributed by atoms with van der Waals surface area (Å²) in [5.74, 6) is -0.638. The number of nitrogens with one attached hydrogen (secondary N) is 1. The van der Waals surface area contributed by atoms with Crippen LogP contribution >= 0.6 is 11.6 Å². The van der Waals surface area contributed by atoms with E-state index in [1.54, 1.807) is 41.2 Å². The van der Waals surface area contributed by atoms with E-state index >= 15 is 0 Å². The van der Waals surface area contributed by atoms with Crippen molar-refractivity contribution in [3.8, 4) is 0 Å². The number of hydrogen-bond acceptors (Lipinski definition) is 6. The summed E-state index contributed by atoms with van der Waals surface area (Å²) in [4.78, 5) is 46.1. The van der Waals surface area contributed by atoms with Gasteiger partial charge in [-0.2, -0.15) is 0 Å². The van der Waals surface area contributed by atoms with Crippen LogP contribution in [0.1, 0.15) is 50.0 Å². The van der Waals surface area contributed by atoms with Crippen LogP contribution < -0.4 is 5.32 Å².